The van der Waals surface area contributed by atoms with Crippen LogP contribution in [0.2, 0.25) is 0 Å². The SMILES string of the molecule is CCC1(O)CCCCC1CN(C)C.O=C(O)c1ccccc1. The fourth-order valence-corrected chi connectivity index (χ4v) is 3.04. The van der Waals surface area contributed by atoms with Crippen LogP contribution in [0.5, 0.6) is 0 Å². The summed E-state index contributed by atoms with van der Waals surface area (Å²) in [5, 5.41) is 18.7. The standard InChI is InChI=1S/C11H23NO.C7H6O2/c1-4-11(13)8-6-5-7-10(11)9-12(2)3;8-7(9)6-4-2-1-3-5-6/h10,13H,4-9H2,1-3H3;1-5H,(H,8,9). The largest absolute Gasteiger partial charge is 0.478 e. The van der Waals surface area contributed by atoms with Gasteiger partial charge in [-0.15, -0.1) is 0 Å². The van der Waals surface area contributed by atoms with Crippen molar-refractivity contribution in [1.29, 1.82) is 0 Å². The number of carboxylic acids is 1. The monoisotopic (exact) mass is 307 g/mol. The predicted octanol–water partition coefficient (Wildman–Crippen LogP) is 3.26. The molecule has 2 N–H and O–H groups in total. The van der Waals surface area contributed by atoms with E-state index in [0.29, 0.717) is 11.5 Å². The minimum atomic E-state index is -0.879. The van der Waals surface area contributed by atoms with Crippen LogP contribution in [0.15, 0.2) is 30.3 Å². The quantitative estimate of drug-likeness (QED) is 0.896. The molecule has 0 radical (unpaired) electrons. The first-order chi connectivity index (χ1) is 10.4. The van der Waals surface area contributed by atoms with E-state index in [1.165, 1.54) is 19.3 Å². The molecule has 0 aliphatic heterocycles. The van der Waals surface area contributed by atoms with Gasteiger partial charge < -0.3 is 15.1 Å². The van der Waals surface area contributed by atoms with E-state index < -0.39 is 5.97 Å². The van der Waals surface area contributed by atoms with Crippen molar-refractivity contribution in [2.75, 3.05) is 20.6 Å². The molecule has 0 spiro atoms. The maximum absolute atomic E-state index is 10.4. The van der Waals surface area contributed by atoms with Crippen molar-refractivity contribution in [3.8, 4) is 0 Å². The van der Waals surface area contributed by atoms with E-state index in [0.717, 1.165) is 19.4 Å². The van der Waals surface area contributed by atoms with Crippen LogP contribution in [0, 0.1) is 5.92 Å². The highest BCUT2D eigenvalue weighted by atomic mass is 16.4. The predicted molar refractivity (Wildman–Crippen MR) is 89.2 cm³/mol. The highest BCUT2D eigenvalue weighted by molar-refractivity contribution is 5.87. The Labute approximate surface area is 133 Å². The second-order valence-electron chi connectivity index (χ2n) is 6.33. The van der Waals surface area contributed by atoms with Crippen molar-refractivity contribution in [3.05, 3.63) is 35.9 Å². The van der Waals surface area contributed by atoms with Crippen LogP contribution in [0.4, 0.5) is 0 Å². The molecule has 4 nitrogen and oxygen atoms in total. The van der Waals surface area contributed by atoms with E-state index in [4.69, 9.17) is 5.11 Å². The molecule has 124 valence electrons. The summed E-state index contributed by atoms with van der Waals surface area (Å²) >= 11 is 0. The normalized spacial score (nSPS) is 24.5. The van der Waals surface area contributed by atoms with Crippen LogP contribution < -0.4 is 0 Å². The van der Waals surface area contributed by atoms with Gasteiger partial charge in [-0.25, -0.2) is 4.79 Å². The van der Waals surface area contributed by atoms with Crippen molar-refractivity contribution >= 4 is 5.97 Å². The van der Waals surface area contributed by atoms with Crippen LogP contribution >= 0.6 is 0 Å². The number of aromatic carboxylic acids is 1. The summed E-state index contributed by atoms with van der Waals surface area (Å²) in [5.41, 5.74) is -0.0415. The second-order valence-corrected chi connectivity index (χ2v) is 6.33. The number of benzene rings is 1. The van der Waals surface area contributed by atoms with Gasteiger partial charge in [0.05, 0.1) is 11.2 Å². The summed E-state index contributed by atoms with van der Waals surface area (Å²) in [6.07, 6.45) is 5.60. The van der Waals surface area contributed by atoms with Crippen molar-refractivity contribution in [2.24, 2.45) is 5.92 Å². The lowest BCUT2D eigenvalue weighted by Gasteiger charge is -2.40. The molecule has 2 rings (SSSR count). The number of rotatable bonds is 4. The van der Waals surface area contributed by atoms with Gasteiger partial charge in [0.15, 0.2) is 0 Å². The summed E-state index contributed by atoms with van der Waals surface area (Å²) in [6.45, 7) is 3.14. The lowest BCUT2D eigenvalue weighted by Crippen LogP contribution is -2.44. The zero-order chi connectivity index (χ0) is 16.6. The summed E-state index contributed by atoms with van der Waals surface area (Å²) in [5.74, 6) is -0.392. The number of hydrogen-bond acceptors (Lipinski definition) is 3. The van der Waals surface area contributed by atoms with Gasteiger partial charge in [0, 0.05) is 12.5 Å². The van der Waals surface area contributed by atoms with Crippen LogP contribution in [0.25, 0.3) is 0 Å². The summed E-state index contributed by atoms with van der Waals surface area (Å²) in [4.78, 5) is 12.4. The van der Waals surface area contributed by atoms with Gasteiger partial charge in [0.2, 0.25) is 0 Å². The summed E-state index contributed by atoms with van der Waals surface area (Å²) < 4.78 is 0. The lowest BCUT2D eigenvalue weighted by atomic mass is 9.73. The van der Waals surface area contributed by atoms with E-state index >= 15 is 0 Å². The van der Waals surface area contributed by atoms with Crippen molar-refractivity contribution in [2.45, 2.75) is 44.6 Å². The highest BCUT2D eigenvalue weighted by Gasteiger charge is 2.36. The molecule has 4 heteroatoms. The molecule has 1 aliphatic rings. The Morgan fingerprint density at radius 2 is 1.91 bits per heavy atom. The Bertz CT molecular complexity index is 447. The molecule has 0 amide bonds. The molecular formula is C18H29NO3. The van der Waals surface area contributed by atoms with Gasteiger partial charge in [-0.3, -0.25) is 0 Å². The van der Waals surface area contributed by atoms with Gasteiger partial charge in [-0.05, 0) is 45.5 Å². The molecule has 0 heterocycles. The first-order valence-corrected chi connectivity index (χ1v) is 8.04. The Hall–Kier alpha value is -1.39. The minimum absolute atomic E-state index is 0.331. The van der Waals surface area contributed by atoms with E-state index in [2.05, 4.69) is 25.9 Å². The number of carboxylic acid groups (broad SMARTS) is 1. The zero-order valence-electron chi connectivity index (χ0n) is 14.0. The second kappa shape index (κ2) is 8.91. The van der Waals surface area contributed by atoms with E-state index in [-0.39, 0.29) is 5.60 Å². The van der Waals surface area contributed by atoms with E-state index in [1.807, 2.05) is 0 Å². The number of nitrogens with zero attached hydrogens (tertiary/aromatic N) is 1. The van der Waals surface area contributed by atoms with Crippen molar-refractivity contribution in [3.63, 3.8) is 0 Å². The smallest absolute Gasteiger partial charge is 0.335 e. The van der Waals surface area contributed by atoms with Crippen LogP contribution in [-0.2, 0) is 0 Å². The Balaban J connectivity index is 0.000000235. The van der Waals surface area contributed by atoms with Gasteiger partial charge >= 0.3 is 5.97 Å². The molecule has 0 saturated heterocycles. The maximum atomic E-state index is 10.4. The topological polar surface area (TPSA) is 60.8 Å². The fourth-order valence-electron chi connectivity index (χ4n) is 3.04. The maximum Gasteiger partial charge on any atom is 0.335 e. The minimum Gasteiger partial charge on any atom is -0.478 e. The molecule has 1 aromatic rings. The van der Waals surface area contributed by atoms with Gasteiger partial charge in [-0.2, -0.15) is 0 Å². The molecule has 1 fully saturated rings. The Morgan fingerprint density at radius 1 is 1.27 bits per heavy atom. The molecule has 2 atom stereocenters. The molecule has 0 aromatic heterocycles. The number of carbonyl (C=O) groups is 1. The third-order valence-corrected chi connectivity index (χ3v) is 4.39. The molecule has 1 saturated carbocycles. The fraction of sp³-hybridized carbons (Fsp3) is 0.611. The average molecular weight is 307 g/mol. The first kappa shape index (κ1) is 18.7. The van der Waals surface area contributed by atoms with E-state index in [9.17, 15) is 9.90 Å². The summed E-state index contributed by atoms with van der Waals surface area (Å²) in [6, 6.07) is 8.30. The average Bonchev–Trinajstić information content (AvgIpc) is 2.51. The van der Waals surface area contributed by atoms with Crippen molar-refractivity contribution in [1.82, 2.24) is 4.90 Å². The van der Waals surface area contributed by atoms with Gasteiger partial charge in [0.1, 0.15) is 0 Å². The number of aliphatic hydroxyl groups is 1. The molecule has 22 heavy (non-hydrogen) atoms. The molecular weight excluding hydrogens is 278 g/mol. The van der Waals surface area contributed by atoms with Gasteiger partial charge in [0.25, 0.3) is 0 Å². The molecule has 2 unspecified atom stereocenters. The Morgan fingerprint density at radius 3 is 2.36 bits per heavy atom. The lowest BCUT2D eigenvalue weighted by molar-refractivity contribution is -0.0584. The number of hydrogen-bond donors (Lipinski definition) is 2. The first-order valence-electron chi connectivity index (χ1n) is 8.04. The van der Waals surface area contributed by atoms with Gasteiger partial charge in [-0.1, -0.05) is 38.0 Å². The zero-order valence-corrected chi connectivity index (χ0v) is 14.0. The summed E-state index contributed by atoms with van der Waals surface area (Å²) in [7, 11) is 4.18. The third-order valence-electron chi connectivity index (χ3n) is 4.39. The van der Waals surface area contributed by atoms with Crippen molar-refractivity contribution < 1.29 is 15.0 Å². The third kappa shape index (κ3) is 5.78. The highest BCUT2D eigenvalue weighted by Crippen LogP contribution is 2.36. The van der Waals surface area contributed by atoms with Crippen LogP contribution in [0.3, 0.4) is 0 Å². The Kier molecular flexibility index (Phi) is 7.56. The molecule has 0 bridgehead atoms. The van der Waals surface area contributed by atoms with Crippen LogP contribution in [0.1, 0.15) is 49.4 Å². The molecule has 1 aromatic carbocycles. The van der Waals surface area contributed by atoms with Crippen LogP contribution in [-0.4, -0.2) is 47.3 Å². The molecule has 1 aliphatic carbocycles. The van der Waals surface area contributed by atoms with E-state index in [1.54, 1.807) is 30.3 Å².